The predicted octanol–water partition coefficient (Wildman–Crippen LogP) is 17.0. The number of alkyl halides is 1. The summed E-state index contributed by atoms with van der Waals surface area (Å²) in [6, 6.07) is 0. The van der Waals surface area contributed by atoms with Crippen molar-refractivity contribution in [1.29, 1.82) is 0 Å². The van der Waals surface area contributed by atoms with E-state index in [0.717, 1.165) is 13.1 Å². The molecule has 372 valence electrons. The molecule has 0 fully saturated rings. The Kier molecular flexibility index (Phi) is 68.0. The van der Waals surface area contributed by atoms with Crippen molar-refractivity contribution in [3.63, 3.8) is 0 Å². The van der Waals surface area contributed by atoms with Crippen LogP contribution in [-0.4, -0.2) is 66.3 Å². The maximum Gasteiger partial charge on any atom is 0.305 e. The third kappa shape index (κ3) is 55.3. The number of ether oxygens (including phenoxy) is 2. The lowest BCUT2D eigenvalue weighted by Gasteiger charge is -2.21. The van der Waals surface area contributed by atoms with Crippen molar-refractivity contribution in [2.75, 3.05) is 44.4 Å². The monoisotopic (exact) mass is 992 g/mol. The number of rotatable bonds is 46. The van der Waals surface area contributed by atoms with Crippen LogP contribution in [0.15, 0.2) is 0 Å². The Hall–Kier alpha value is -0.850. The fraction of sp³-hybridized carbons (Fsp3) is 0.927. The highest BCUT2D eigenvalue weighted by molar-refractivity contribution is 14.1. The van der Waals surface area contributed by atoms with Gasteiger partial charge in [0, 0.05) is 19.4 Å². The molecule has 0 aliphatic rings. The molecule has 1 N–H and O–H groups in total. The highest BCUT2D eigenvalue weighted by Gasteiger charge is 2.15. The smallest absolute Gasteiger partial charge is 0.305 e. The fourth-order valence-electron chi connectivity index (χ4n) is 8.12. The number of terminal acetylenes is 1. The number of carbonyl (C=O) groups is 2. The van der Waals surface area contributed by atoms with E-state index in [4.69, 9.17) is 9.47 Å². The lowest BCUT2D eigenvalue weighted by Crippen LogP contribution is -2.30. The van der Waals surface area contributed by atoms with Crippen LogP contribution in [-0.2, 0) is 19.1 Å². The number of hydrogen-bond acceptors (Lipinski definition) is 6. The molecule has 0 radical (unpaired) electrons. The van der Waals surface area contributed by atoms with E-state index < -0.39 is 0 Å². The molecule has 0 aliphatic carbocycles. The van der Waals surface area contributed by atoms with Crippen LogP contribution in [0.3, 0.4) is 0 Å². The maximum absolute atomic E-state index is 12.8. The first-order valence-corrected chi connectivity index (χ1v) is 29.0. The van der Waals surface area contributed by atoms with Crippen LogP contribution in [0.1, 0.15) is 273 Å². The second-order valence-electron chi connectivity index (χ2n) is 17.5. The average molecular weight is 992 g/mol. The molecule has 2 atom stereocenters. The van der Waals surface area contributed by atoms with Gasteiger partial charge in [0.1, 0.15) is 0 Å². The highest BCUT2D eigenvalue weighted by Crippen LogP contribution is 2.22. The quantitative estimate of drug-likeness (QED) is 0.0215. The standard InChI is InChI=1S/C50H99NO5.C2H6.C2H2.CH3I/c1-5-9-13-17-21-23-27-31-37-47(35-29-25-19-15-11-7-3)45-55-49(53)39-33-41-51(43-44-52)42-34-40-50(54)56-46-48(36-30-26-20-16-12-8-4)38-32-28-24-22-18-14-10-6-2;3*1-2/h47-48,52H,5-46H2,1-4H3;1-2H3;1-2H;1H3. The number of esters is 2. The van der Waals surface area contributed by atoms with Crippen LogP contribution in [0.25, 0.3) is 0 Å². The molecule has 0 heterocycles. The van der Waals surface area contributed by atoms with Crippen molar-refractivity contribution in [3.8, 4) is 12.8 Å². The summed E-state index contributed by atoms with van der Waals surface area (Å²) in [5.41, 5.74) is 0. The Morgan fingerprint density at radius 1 is 0.435 bits per heavy atom. The lowest BCUT2D eigenvalue weighted by molar-refractivity contribution is -0.146. The van der Waals surface area contributed by atoms with Crippen molar-refractivity contribution < 1.29 is 24.2 Å². The van der Waals surface area contributed by atoms with Gasteiger partial charge in [-0.15, -0.1) is 12.8 Å². The maximum atomic E-state index is 12.8. The SMILES string of the molecule is C#C.CC.CCCCCCCCCCC(CCCCCCCC)COC(=O)CCCN(CCO)CCCC(=O)OCC(CCCCCCCC)CCCCCCCCCC.CI. The third-order valence-electron chi connectivity index (χ3n) is 12.0. The van der Waals surface area contributed by atoms with Crippen molar-refractivity contribution in [1.82, 2.24) is 4.90 Å². The highest BCUT2D eigenvalue weighted by atomic mass is 127. The zero-order chi connectivity index (χ0) is 47.0. The molecule has 0 aromatic carbocycles. The second-order valence-corrected chi connectivity index (χ2v) is 17.5. The molecule has 0 amide bonds. The van der Waals surface area contributed by atoms with Gasteiger partial charge in [0.25, 0.3) is 0 Å². The van der Waals surface area contributed by atoms with Crippen LogP contribution in [0.5, 0.6) is 0 Å². The van der Waals surface area contributed by atoms with E-state index >= 15 is 0 Å². The zero-order valence-corrected chi connectivity index (χ0v) is 45.1. The number of aliphatic hydroxyl groups excluding tert-OH is 1. The van der Waals surface area contributed by atoms with Crippen LogP contribution in [0, 0.1) is 24.7 Å². The van der Waals surface area contributed by atoms with Crippen molar-refractivity contribution in [2.45, 2.75) is 273 Å². The summed E-state index contributed by atoms with van der Waals surface area (Å²) >= 11 is 2.15. The Morgan fingerprint density at radius 2 is 0.677 bits per heavy atom. The van der Waals surface area contributed by atoms with E-state index in [1.165, 1.54) is 205 Å². The van der Waals surface area contributed by atoms with E-state index in [9.17, 15) is 14.7 Å². The Balaban J connectivity index is -0.00000267. The number of halogens is 1. The molecule has 0 saturated heterocycles. The average Bonchev–Trinajstić information content (AvgIpc) is 3.30. The molecule has 6 nitrogen and oxygen atoms in total. The summed E-state index contributed by atoms with van der Waals surface area (Å²) in [7, 11) is 0. The minimum absolute atomic E-state index is 0.0760. The Bertz CT molecular complexity index is 793. The van der Waals surface area contributed by atoms with Gasteiger partial charge in [0.15, 0.2) is 0 Å². The molecule has 2 unspecified atom stereocenters. The van der Waals surface area contributed by atoms with Gasteiger partial charge in [-0.05, 0) is 68.4 Å². The van der Waals surface area contributed by atoms with E-state index in [-0.39, 0.29) is 18.5 Å². The molecule has 0 spiro atoms. The Morgan fingerprint density at radius 3 is 0.919 bits per heavy atom. The summed E-state index contributed by atoms with van der Waals surface area (Å²) in [5, 5.41) is 9.69. The lowest BCUT2D eigenvalue weighted by atomic mass is 9.94. The number of hydrogen-bond donors (Lipinski definition) is 1. The summed E-state index contributed by atoms with van der Waals surface area (Å²) in [5.74, 6) is 0.770. The minimum atomic E-state index is -0.0936. The van der Waals surface area contributed by atoms with Crippen LogP contribution in [0.4, 0.5) is 0 Å². The van der Waals surface area contributed by atoms with Crippen molar-refractivity contribution in [3.05, 3.63) is 0 Å². The Labute approximate surface area is 403 Å². The normalized spacial score (nSPS) is 11.7. The molecule has 0 aromatic heterocycles. The summed E-state index contributed by atoms with van der Waals surface area (Å²) in [6.07, 6.45) is 51.8. The van der Waals surface area contributed by atoms with E-state index in [1.54, 1.807) is 0 Å². The van der Waals surface area contributed by atoms with E-state index in [2.05, 4.69) is 68.0 Å². The molecule has 0 aromatic rings. The zero-order valence-electron chi connectivity index (χ0n) is 42.9. The van der Waals surface area contributed by atoms with E-state index in [0.29, 0.717) is 57.3 Å². The molecule has 0 rings (SSSR count). The molecule has 0 saturated carbocycles. The van der Waals surface area contributed by atoms with Crippen molar-refractivity contribution in [2.24, 2.45) is 11.8 Å². The molecule has 0 bridgehead atoms. The number of aliphatic hydroxyl groups is 1. The molecule has 0 aliphatic heterocycles. The van der Waals surface area contributed by atoms with Crippen molar-refractivity contribution >= 4 is 34.5 Å². The number of nitrogens with zero attached hydrogens (tertiary/aromatic N) is 1. The first-order valence-electron chi connectivity index (χ1n) is 26.9. The van der Waals surface area contributed by atoms with Gasteiger partial charge in [-0.25, -0.2) is 0 Å². The van der Waals surface area contributed by atoms with Gasteiger partial charge in [0.05, 0.1) is 19.8 Å². The fourth-order valence-corrected chi connectivity index (χ4v) is 8.12. The third-order valence-corrected chi connectivity index (χ3v) is 12.0. The van der Waals surface area contributed by atoms with Crippen LogP contribution < -0.4 is 0 Å². The van der Waals surface area contributed by atoms with Gasteiger partial charge in [0.2, 0.25) is 0 Å². The van der Waals surface area contributed by atoms with Gasteiger partial charge >= 0.3 is 11.9 Å². The topological polar surface area (TPSA) is 76.1 Å². The molecule has 7 heteroatoms. The van der Waals surface area contributed by atoms with Crippen LogP contribution >= 0.6 is 22.6 Å². The summed E-state index contributed by atoms with van der Waals surface area (Å²) < 4.78 is 11.7. The molecular formula is C55H110INO5. The van der Waals surface area contributed by atoms with Gasteiger partial charge < -0.3 is 19.5 Å². The van der Waals surface area contributed by atoms with Gasteiger partial charge in [-0.1, -0.05) is 244 Å². The number of carbonyl (C=O) groups excluding carboxylic acids is 2. The number of unbranched alkanes of at least 4 members (excludes halogenated alkanes) is 24. The first kappa shape index (κ1) is 67.7. The first-order chi connectivity index (χ1) is 30.5. The van der Waals surface area contributed by atoms with Gasteiger partial charge in [-0.2, -0.15) is 0 Å². The summed E-state index contributed by atoms with van der Waals surface area (Å²) in [4.78, 5) is 29.7. The second kappa shape index (κ2) is 62.2. The van der Waals surface area contributed by atoms with Gasteiger partial charge in [-0.3, -0.25) is 9.59 Å². The predicted molar refractivity (Wildman–Crippen MR) is 283 cm³/mol. The minimum Gasteiger partial charge on any atom is -0.465 e. The summed E-state index contributed by atoms with van der Waals surface area (Å²) in [6.45, 7) is 16.3. The molecular weight excluding hydrogens is 882 g/mol. The van der Waals surface area contributed by atoms with E-state index in [1.807, 2.05) is 18.8 Å². The largest absolute Gasteiger partial charge is 0.465 e. The van der Waals surface area contributed by atoms with Crippen LogP contribution in [0.2, 0.25) is 0 Å². The molecule has 62 heavy (non-hydrogen) atoms.